The van der Waals surface area contributed by atoms with E-state index in [0.717, 1.165) is 0 Å². The van der Waals surface area contributed by atoms with Gasteiger partial charge in [-0.25, -0.2) is 0 Å². The molecule has 0 heterocycles. The van der Waals surface area contributed by atoms with E-state index in [0.29, 0.717) is 10.6 Å². The molecule has 1 rings (SSSR count). The van der Waals surface area contributed by atoms with E-state index >= 15 is 0 Å². The van der Waals surface area contributed by atoms with E-state index in [1.807, 2.05) is 0 Å². The molecule has 0 radical (unpaired) electrons. The molecule has 0 saturated carbocycles. The van der Waals surface area contributed by atoms with Gasteiger partial charge in [0, 0.05) is 16.6 Å². The third kappa shape index (κ3) is 2.70. The molecule has 5 heteroatoms. The molecule has 0 fully saturated rings. The zero-order valence-corrected chi connectivity index (χ0v) is 10.8. The number of nitrogens with two attached hydrogens (primary N) is 1. The van der Waals surface area contributed by atoms with Crippen LogP contribution in [-0.4, -0.2) is 18.2 Å². The van der Waals surface area contributed by atoms with Crippen LogP contribution in [0.3, 0.4) is 0 Å². The van der Waals surface area contributed by atoms with E-state index in [9.17, 15) is 9.90 Å². The van der Waals surface area contributed by atoms with Crippen molar-refractivity contribution in [2.24, 2.45) is 11.1 Å². The molecule has 0 saturated heterocycles. The zero-order chi connectivity index (χ0) is 13.2. The summed E-state index contributed by atoms with van der Waals surface area (Å²) < 4.78 is 4.69. The number of methoxy groups -OCH3 is 1. The van der Waals surface area contributed by atoms with Crippen LogP contribution in [0.4, 0.5) is 0 Å². The molecular formula is C12H16ClNO3. The van der Waals surface area contributed by atoms with Crippen molar-refractivity contribution >= 4 is 17.6 Å². The van der Waals surface area contributed by atoms with Crippen LogP contribution in [0, 0.1) is 5.41 Å². The number of phenolic OH excluding ortho intramolecular Hbond substituents is 1. The summed E-state index contributed by atoms with van der Waals surface area (Å²) in [5.41, 5.74) is 5.48. The van der Waals surface area contributed by atoms with Crippen LogP contribution in [0.2, 0.25) is 5.02 Å². The Balaban J connectivity index is 3.15. The van der Waals surface area contributed by atoms with E-state index in [4.69, 9.17) is 22.1 Å². The third-order valence-corrected chi connectivity index (χ3v) is 3.05. The van der Waals surface area contributed by atoms with Crippen LogP contribution in [-0.2, 0) is 9.53 Å². The van der Waals surface area contributed by atoms with Crippen molar-refractivity contribution in [3.8, 4) is 5.75 Å². The molecule has 1 aromatic rings. The van der Waals surface area contributed by atoms with Gasteiger partial charge in [0.1, 0.15) is 5.75 Å². The minimum absolute atomic E-state index is 0.0129. The van der Waals surface area contributed by atoms with Gasteiger partial charge in [-0.1, -0.05) is 11.6 Å². The van der Waals surface area contributed by atoms with Crippen molar-refractivity contribution in [1.29, 1.82) is 0 Å². The van der Waals surface area contributed by atoms with E-state index in [1.54, 1.807) is 26.0 Å². The van der Waals surface area contributed by atoms with Gasteiger partial charge in [-0.3, -0.25) is 4.79 Å². The van der Waals surface area contributed by atoms with E-state index in [-0.39, 0.29) is 5.75 Å². The highest BCUT2D eigenvalue weighted by Crippen LogP contribution is 2.37. The topological polar surface area (TPSA) is 72.5 Å². The third-order valence-electron chi connectivity index (χ3n) is 2.81. The SMILES string of the molecule is COC(=O)C(C)(C)[C@H](N)c1cc(Cl)ccc1O. The Kier molecular flexibility index (Phi) is 4.01. The summed E-state index contributed by atoms with van der Waals surface area (Å²) in [6, 6.07) is 3.85. The van der Waals surface area contributed by atoms with Gasteiger partial charge in [0.25, 0.3) is 0 Å². The van der Waals surface area contributed by atoms with E-state index < -0.39 is 17.4 Å². The average Bonchev–Trinajstić information content (AvgIpc) is 2.30. The molecule has 0 unspecified atom stereocenters. The molecule has 1 atom stereocenters. The fraction of sp³-hybridized carbons (Fsp3) is 0.417. The number of hydrogen-bond acceptors (Lipinski definition) is 4. The van der Waals surface area contributed by atoms with Crippen LogP contribution in [0.15, 0.2) is 18.2 Å². The number of halogens is 1. The molecule has 0 aliphatic carbocycles. The summed E-state index contributed by atoms with van der Waals surface area (Å²) >= 11 is 5.84. The number of esters is 1. The molecule has 1 aromatic carbocycles. The second kappa shape index (κ2) is 4.94. The van der Waals surface area contributed by atoms with Crippen LogP contribution in [0.1, 0.15) is 25.5 Å². The maximum absolute atomic E-state index is 11.6. The van der Waals surface area contributed by atoms with Crippen LogP contribution in [0.25, 0.3) is 0 Å². The van der Waals surface area contributed by atoms with Crippen molar-refractivity contribution in [3.05, 3.63) is 28.8 Å². The van der Waals surface area contributed by atoms with Crippen LogP contribution >= 0.6 is 11.6 Å². The second-order valence-electron chi connectivity index (χ2n) is 4.39. The van der Waals surface area contributed by atoms with Crippen LogP contribution in [0.5, 0.6) is 5.75 Å². The fourth-order valence-corrected chi connectivity index (χ4v) is 1.73. The van der Waals surface area contributed by atoms with E-state index in [1.165, 1.54) is 13.2 Å². The van der Waals surface area contributed by atoms with Gasteiger partial charge in [-0.05, 0) is 32.0 Å². The summed E-state index contributed by atoms with van der Waals surface area (Å²) in [5, 5.41) is 10.2. The molecular weight excluding hydrogens is 242 g/mol. The number of hydrogen-bond donors (Lipinski definition) is 2. The lowest BCUT2D eigenvalue weighted by atomic mass is 9.81. The summed E-state index contributed by atoms with van der Waals surface area (Å²) in [4.78, 5) is 11.6. The standard InChI is InChI=1S/C12H16ClNO3/c1-12(2,11(16)17-3)10(14)8-6-7(13)4-5-9(8)15/h4-6,10,15H,14H2,1-3H3/t10-/m1/s1. The smallest absolute Gasteiger partial charge is 0.313 e. The predicted molar refractivity (Wildman–Crippen MR) is 65.8 cm³/mol. The van der Waals surface area contributed by atoms with Gasteiger partial charge >= 0.3 is 5.97 Å². The Labute approximate surface area is 105 Å². The number of carbonyl (C=O) groups is 1. The summed E-state index contributed by atoms with van der Waals surface area (Å²) in [5.74, 6) is -0.428. The Morgan fingerprint density at radius 2 is 2.12 bits per heavy atom. The quantitative estimate of drug-likeness (QED) is 0.815. The summed E-state index contributed by atoms with van der Waals surface area (Å²) in [6.07, 6.45) is 0. The Morgan fingerprint density at radius 3 is 2.65 bits per heavy atom. The largest absolute Gasteiger partial charge is 0.508 e. The predicted octanol–water partition coefficient (Wildman–Crippen LogP) is 2.24. The number of aromatic hydroxyl groups is 1. The normalized spacial score (nSPS) is 13.2. The highest BCUT2D eigenvalue weighted by atomic mass is 35.5. The molecule has 4 nitrogen and oxygen atoms in total. The lowest BCUT2D eigenvalue weighted by Gasteiger charge is -2.29. The van der Waals surface area contributed by atoms with Crippen LogP contribution < -0.4 is 5.73 Å². The lowest BCUT2D eigenvalue weighted by Crippen LogP contribution is -2.37. The molecule has 3 N–H and O–H groups in total. The molecule has 0 spiro atoms. The van der Waals surface area contributed by atoms with Gasteiger partial charge in [-0.2, -0.15) is 0 Å². The Morgan fingerprint density at radius 1 is 1.53 bits per heavy atom. The molecule has 0 aliphatic rings. The molecule has 0 aliphatic heterocycles. The first-order valence-electron chi connectivity index (χ1n) is 5.13. The van der Waals surface area contributed by atoms with Gasteiger partial charge in [0.05, 0.1) is 12.5 Å². The van der Waals surface area contributed by atoms with Gasteiger partial charge in [-0.15, -0.1) is 0 Å². The summed E-state index contributed by atoms with van der Waals surface area (Å²) in [6.45, 7) is 3.31. The average molecular weight is 258 g/mol. The highest BCUT2D eigenvalue weighted by molar-refractivity contribution is 6.30. The zero-order valence-electron chi connectivity index (χ0n) is 10.0. The highest BCUT2D eigenvalue weighted by Gasteiger charge is 2.37. The number of phenols is 1. The minimum atomic E-state index is -0.948. The monoisotopic (exact) mass is 257 g/mol. The van der Waals surface area contributed by atoms with Crippen molar-refractivity contribution in [2.45, 2.75) is 19.9 Å². The van der Waals surface area contributed by atoms with Gasteiger partial charge < -0.3 is 15.6 Å². The van der Waals surface area contributed by atoms with Gasteiger partial charge in [0.15, 0.2) is 0 Å². The molecule has 17 heavy (non-hydrogen) atoms. The number of rotatable bonds is 3. The van der Waals surface area contributed by atoms with Gasteiger partial charge in [0.2, 0.25) is 0 Å². The molecule has 0 bridgehead atoms. The number of benzene rings is 1. The van der Waals surface area contributed by atoms with Crippen molar-refractivity contribution in [1.82, 2.24) is 0 Å². The first kappa shape index (κ1) is 13.8. The van der Waals surface area contributed by atoms with E-state index in [2.05, 4.69) is 0 Å². The maximum Gasteiger partial charge on any atom is 0.313 e. The minimum Gasteiger partial charge on any atom is -0.508 e. The Bertz CT molecular complexity index is 432. The summed E-state index contributed by atoms with van der Waals surface area (Å²) in [7, 11) is 1.30. The molecule has 94 valence electrons. The first-order chi connectivity index (χ1) is 7.80. The maximum atomic E-state index is 11.6. The lowest BCUT2D eigenvalue weighted by molar-refractivity contribution is -0.152. The van der Waals surface area contributed by atoms with Crippen molar-refractivity contribution < 1.29 is 14.6 Å². The fourth-order valence-electron chi connectivity index (χ4n) is 1.55. The first-order valence-corrected chi connectivity index (χ1v) is 5.51. The van der Waals surface area contributed by atoms with Crippen molar-refractivity contribution in [2.75, 3.05) is 7.11 Å². The van der Waals surface area contributed by atoms with Crippen molar-refractivity contribution in [3.63, 3.8) is 0 Å². The molecule has 0 aromatic heterocycles. The number of carbonyl (C=O) groups excluding carboxylic acids is 1. The number of ether oxygens (including phenoxy) is 1. The Hall–Kier alpha value is -1.26. The molecule has 0 amide bonds. The second-order valence-corrected chi connectivity index (χ2v) is 4.83.